The molecular weight excluding hydrogens is 270 g/mol. The van der Waals surface area contributed by atoms with Crippen molar-refractivity contribution in [3.63, 3.8) is 0 Å². The number of rotatable bonds is 5. The fraction of sp³-hybridized carbons (Fsp3) is 0.467. The summed E-state index contributed by atoms with van der Waals surface area (Å²) in [5.41, 5.74) is 7.12. The molecule has 1 aromatic heterocycles. The highest BCUT2D eigenvalue weighted by atomic mass is 16.5. The number of nitrogens with zero attached hydrogens (tertiary/aromatic N) is 2. The van der Waals surface area contributed by atoms with E-state index in [1.54, 1.807) is 7.11 Å². The maximum Gasteiger partial charge on any atom is 0.243 e. The summed E-state index contributed by atoms with van der Waals surface area (Å²) in [4.78, 5) is 4.47. The van der Waals surface area contributed by atoms with Crippen LogP contribution in [-0.2, 0) is 4.74 Å². The molecule has 2 aromatic rings. The van der Waals surface area contributed by atoms with Crippen molar-refractivity contribution in [2.75, 3.05) is 20.3 Å². The van der Waals surface area contributed by atoms with E-state index >= 15 is 0 Å². The number of fused-ring (bicyclic) bond motifs is 1. The van der Waals surface area contributed by atoms with E-state index < -0.39 is 0 Å². The van der Waals surface area contributed by atoms with Crippen LogP contribution in [-0.4, -0.2) is 30.5 Å². The molecular formula is C15H19N3O3. The number of nitrogens with two attached hydrogens (primary N) is 1. The van der Waals surface area contributed by atoms with Crippen LogP contribution < -0.4 is 10.5 Å². The van der Waals surface area contributed by atoms with Gasteiger partial charge in [0.2, 0.25) is 5.89 Å². The highest BCUT2D eigenvalue weighted by Crippen LogP contribution is 2.36. The second kappa shape index (κ2) is 6.24. The van der Waals surface area contributed by atoms with Gasteiger partial charge in [0.25, 0.3) is 0 Å². The van der Waals surface area contributed by atoms with Gasteiger partial charge in [0.15, 0.2) is 5.82 Å². The fourth-order valence-corrected chi connectivity index (χ4v) is 2.52. The molecule has 2 N–H and O–H groups in total. The van der Waals surface area contributed by atoms with E-state index in [-0.39, 0.29) is 12.0 Å². The zero-order chi connectivity index (χ0) is 14.7. The molecule has 0 amide bonds. The van der Waals surface area contributed by atoms with Gasteiger partial charge in [-0.25, -0.2) is 0 Å². The Kier molecular flexibility index (Phi) is 4.17. The number of para-hydroxylation sites is 1. The quantitative estimate of drug-likeness (QED) is 0.906. The van der Waals surface area contributed by atoms with Gasteiger partial charge in [-0.15, -0.1) is 0 Å². The Hall–Kier alpha value is -1.92. The van der Waals surface area contributed by atoms with E-state index in [1.807, 2.05) is 24.3 Å². The Labute approximate surface area is 123 Å². The van der Waals surface area contributed by atoms with E-state index in [0.29, 0.717) is 31.3 Å². The van der Waals surface area contributed by atoms with Crippen LogP contribution in [0.3, 0.4) is 0 Å². The first-order chi connectivity index (χ1) is 10.3. The van der Waals surface area contributed by atoms with Crippen LogP contribution >= 0.6 is 0 Å². The van der Waals surface area contributed by atoms with Crippen molar-refractivity contribution in [3.8, 4) is 5.75 Å². The smallest absolute Gasteiger partial charge is 0.243 e. The molecule has 21 heavy (non-hydrogen) atoms. The molecule has 1 aliphatic heterocycles. The van der Waals surface area contributed by atoms with Gasteiger partial charge < -0.3 is 19.7 Å². The molecule has 0 bridgehead atoms. The third-order valence-electron chi connectivity index (χ3n) is 3.68. The lowest BCUT2D eigenvalue weighted by molar-refractivity contribution is 0.182. The summed E-state index contributed by atoms with van der Waals surface area (Å²) in [5, 5.41) is 4.11. The van der Waals surface area contributed by atoms with Crippen molar-refractivity contribution in [3.05, 3.63) is 41.5 Å². The highest BCUT2D eigenvalue weighted by molar-refractivity contribution is 5.40. The standard InChI is InChI=1S/C15H19N3O3/c1-19-8-7-12(16)15-17-14(18-21-15)11-6-9-20-13-5-3-2-4-10(11)13/h2-5,11-12H,6-9,16H2,1H3. The number of benzene rings is 1. The number of aromatic nitrogens is 2. The first-order valence-electron chi connectivity index (χ1n) is 7.09. The van der Waals surface area contributed by atoms with Crippen molar-refractivity contribution < 1.29 is 14.0 Å². The van der Waals surface area contributed by atoms with Gasteiger partial charge >= 0.3 is 0 Å². The molecule has 0 fully saturated rings. The molecule has 0 aliphatic carbocycles. The molecule has 6 nitrogen and oxygen atoms in total. The first-order valence-corrected chi connectivity index (χ1v) is 7.09. The van der Waals surface area contributed by atoms with Crippen LogP contribution in [0, 0.1) is 0 Å². The summed E-state index contributed by atoms with van der Waals surface area (Å²) < 4.78 is 16.0. The number of hydrogen-bond donors (Lipinski definition) is 1. The third kappa shape index (κ3) is 2.91. The Morgan fingerprint density at radius 2 is 2.29 bits per heavy atom. The van der Waals surface area contributed by atoms with Gasteiger partial charge in [-0.3, -0.25) is 0 Å². The van der Waals surface area contributed by atoms with Gasteiger partial charge in [0.1, 0.15) is 5.75 Å². The van der Waals surface area contributed by atoms with Crippen LogP contribution in [0.15, 0.2) is 28.8 Å². The van der Waals surface area contributed by atoms with Gasteiger partial charge in [0.05, 0.1) is 18.6 Å². The molecule has 2 heterocycles. The van der Waals surface area contributed by atoms with Gasteiger partial charge in [-0.05, 0) is 18.9 Å². The van der Waals surface area contributed by atoms with E-state index in [1.165, 1.54) is 0 Å². The topological polar surface area (TPSA) is 83.4 Å². The van der Waals surface area contributed by atoms with Gasteiger partial charge in [-0.2, -0.15) is 4.98 Å². The number of ether oxygens (including phenoxy) is 2. The average molecular weight is 289 g/mol. The van der Waals surface area contributed by atoms with Crippen LogP contribution in [0.5, 0.6) is 5.75 Å². The predicted molar refractivity (Wildman–Crippen MR) is 76.1 cm³/mol. The lowest BCUT2D eigenvalue weighted by Crippen LogP contribution is -2.17. The molecule has 0 saturated heterocycles. The summed E-state index contributed by atoms with van der Waals surface area (Å²) in [6, 6.07) is 7.67. The largest absolute Gasteiger partial charge is 0.493 e. The summed E-state index contributed by atoms with van der Waals surface area (Å²) >= 11 is 0. The summed E-state index contributed by atoms with van der Waals surface area (Å²) in [5.74, 6) is 2.13. The van der Waals surface area contributed by atoms with Crippen molar-refractivity contribution in [2.24, 2.45) is 5.73 Å². The van der Waals surface area contributed by atoms with Crippen molar-refractivity contribution >= 4 is 0 Å². The molecule has 1 aliphatic rings. The maximum atomic E-state index is 6.02. The minimum absolute atomic E-state index is 0.0991. The fourth-order valence-electron chi connectivity index (χ4n) is 2.52. The summed E-state index contributed by atoms with van der Waals surface area (Å²) in [7, 11) is 1.64. The molecule has 1 aromatic carbocycles. The highest BCUT2D eigenvalue weighted by Gasteiger charge is 2.27. The van der Waals surface area contributed by atoms with E-state index in [0.717, 1.165) is 17.7 Å². The normalized spacial score (nSPS) is 18.9. The molecule has 0 saturated carbocycles. The SMILES string of the molecule is COCCC(N)c1nc(C2CCOc3ccccc32)no1. The molecule has 112 valence electrons. The van der Waals surface area contributed by atoms with E-state index in [4.69, 9.17) is 19.7 Å². The number of hydrogen-bond acceptors (Lipinski definition) is 6. The zero-order valence-electron chi connectivity index (χ0n) is 12.0. The van der Waals surface area contributed by atoms with Gasteiger partial charge in [0, 0.05) is 19.3 Å². The van der Waals surface area contributed by atoms with Crippen LogP contribution in [0.25, 0.3) is 0 Å². The molecule has 6 heteroatoms. The van der Waals surface area contributed by atoms with Crippen molar-refractivity contribution in [1.29, 1.82) is 0 Å². The Morgan fingerprint density at radius 3 is 3.14 bits per heavy atom. The maximum absolute atomic E-state index is 6.02. The zero-order valence-corrected chi connectivity index (χ0v) is 12.0. The lowest BCUT2D eigenvalue weighted by Gasteiger charge is -2.23. The molecule has 2 unspecified atom stereocenters. The van der Waals surface area contributed by atoms with Crippen LogP contribution in [0.2, 0.25) is 0 Å². The van der Waals surface area contributed by atoms with Crippen LogP contribution in [0.4, 0.5) is 0 Å². The Bertz CT molecular complexity index is 599. The second-order valence-electron chi connectivity index (χ2n) is 5.11. The molecule has 0 radical (unpaired) electrons. The second-order valence-corrected chi connectivity index (χ2v) is 5.11. The predicted octanol–water partition coefficient (Wildman–Crippen LogP) is 2.02. The van der Waals surface area contributed by atoms with E-state index in [2.05, 4.69) is 10.1 Å². The summed E-state index contributed by atoms with van der Waals surface area (Å²) in [6.45, 7) is 1.22. The van der Waals surface area contributed by atoms with Crippen molar-refractivity contribution in [1.82, 2.24) is 10.1 Å². The third-order valence-corrected chi connectivity index (χ3v) is 3.68. The lowest BCUT2D eigenvalue weighted by atomic mass is 9.92. The Morgan fingerprint density at radius 1 is 1.43 bits per heavy atom. The monoisotopic (exact) mass is 289 g/mol. The molecule has 0 spiro atoms. The van der Waals surface area contributed by atoms with Gasteiger partial charge in [-0.1, -0.05) is 23.4 Å². The first kappa shape index (κ1) is 14.0. The minimum Gasteiger partial charge on any atom is -0.493 e. The minimum atomic E-state index is -0.290. The number of methoxy groups -OCH3 is 1. The summed E-state index contributed by atoms with van der Waals surface area (Å²) in [6.07, 6.45) is 1.49. The van der Waals surface area contributed by atoms with E-state index in [9.17, 15) is 0 Å². The Balaban J connectivity index is 1.81. The van der Waals surface area contributed by atoms with Crippen molar-refractivity contribution in [2.45, 2.75) is 24.8 Å². The van der Waals surface area contributed by atoms with Crippen LogP contribution in [0.1, 0.15) is 42.1 Å². The molecule has 2 atom stereocenters. The molecule has 3 rings (SSSR count). The average Bonchev–Trinajstić information content (AvgIpc) is 3.02.